The lowest BCUT2D eigenvalue weighted by molar-refractivity contribution is -0.000518. The van der Waals surface area contributed by atoms with E-state index < -0.39 is 12.0 Å². The van der Waals surface area contributed by atoms with Crippen molar-refractivity contribution < 1.29 is 23.8 Å². The fourth-order valence-electron chi connectivity index (χ4n) is 7.40. The number of para-hydroxylation sites is 1. The highest BCUT2D eigenvalue weighted by molar-refractivity contribution is 7.19. The van der Waals surface area contributed by atoms with Gasteiger partial charge >= 0.3 is 0 Å². The topological polar surface area (TPSA) is 107 Å². The molecule has 0 bridgehead atoms. The molecule has 1 spiro atoms. The van der Waals surface area contributed by atoms with Crippen molar-refractivity contribution in [3.8, 4) is 10.4 Å². The Bertz CT molecular complexity index is 2140. The van der Waals surface area contributed by atoms with Crippen LogP contribution in [-0.4, -0.2) is 54.8 Å². The Hall–Kier alpha value is -4.81. The first-order chi connectivity index (χ1) is 25.2. The molecule has 5 heterocycles. The molecular weight excluding hydrogens is 701 g/mol. The average molecular weight is 738 g/mol. The lowest BCUT2D eigenvalue weighted by atomic mass is 9.73. The summed E-state index contributed by atoms with van der Waals surface area (Å²) in [5.74, 6) is -0.304. The number of carbonyl (C=O) groups is 2. The van der Waals surface area contributed by atoms with Gasteiger partial charge in [0.05, 0.1) is 26.8 Å². The van der Waals surface area contributed by atoms with Crippen molar-refractivity contribution in [3.05, 3.63) is 124 Å². The van der Waals surface area contributed by atoms with Gasteiger partial charge in [-0.1, -0.05) is 35.9 Å². The molecule has 2 saturated heterocycles. The number of rotatable bonds is 7. The van der Waals surface area contributed by atoms with Crippen molar-refractivity contribution in [1.82, 2.24) is 4.98 Å². The van der Waals surface area contributed by atoms with E-state index in [-0.39, 0.29) is 27.8 Å². The molecule has 0 radical (unpaired) electrons. The molecular formula is C40H37ClFN5O4S. The SMILES string of the molecule is Cc1ccc(C(=O)Nc2ccc(C(=O)N3CCc4cc(NC(O)c5c(F)cccc5Cl)sc4-c4ccccc43)cc2)c(N2CC3(CCOCC3)C2)n1. The predicted octanol–water partition coefficient (Wildman–Crippen LogP) is 8.09. The summed E-state index contributed by atoms with van der Waals surface area (Å²) in [6.45, 7) is 5.64. The molecule has 8 rings (SSSR count). The van der Waals surface area contributed by atoms with Crippen LogP contribution in [0.5, 0.6) is 0 Å². The number of nitrogens with zero attached hydrogens (tertiary/aromatic N) is 3. The number of carbonyl (C=O) groups excluding carboxylic acids is 2. The van der Waals surface area contributed by atoms with Crippen LogP contribution in [0.1, 0.15) is 56.6 Å². The third-order valence-electron chi connectivity index (χ3n) is 10.2. The minimum atomic E-state index is -1.34. The molecule has 3 N–H and O–H groups in total. The number of hydrogen-bond acceptors (Lipinski definition) is 8. The highest BCUT2D eigenvalue weighted by Crippen LogP contribution is 2.45. The molecule has 266 valence electrons. The van der Waals surface area contributed by atoms with Crippen LogP contribution in [0.15, 0.2) is 84.9 Å². The first-order valence-electron chi connectivity index (χ1n) is 17.3. The second-order valence-electron chi connectivity index (χ2n) is 13.7. The van der Waals surface area contributed by atoms with Gasteiger partial charge in [0.2, 0.25) is 0 Å². The summed E-state index contributed by atoms with van der Waals surface area (Å²) in [6.07, 6.45) is 1.28. The van der Waals surface area contributed by atoms with Crippen LogP contribution in [0.2, 0.25) is 5.02 Å². The van der Waals surface area contributed by atoms with Gasteiger partial charge in [0.25, 0.3) is 11.8 Å². The van der Waals surface area contributed by atoms with Crippen LogP contribution >= 0.6 is 22.9 Å². The van der Waals surface area contributed by atoms with Gasteiger partial charge in [-0.25, -0.2) is 9.37 Å². The fourth-order valence-corrected chi connectivity index (χ4v) is 8.84. The number of halogens is 2. The zero-order chi connectivity index (χ0) is 36.0. The van der Waals surface area contributed by atoms with Gasteiger partial charge in [-0.15, -0.1) is 11.3 Å². The number of ether oxygens (including phenoxy) is 1. The number of aliphatic hydroxyl groups excluding tert-OH is 1. The molecule has 1 unspecified atom stereocenters. The van der Waals surface area contributed by atoms with E-state index in [0.717, 1.165) is 66.5 Å². The monoisotopic (exact) mass is 737 g/mol. The molecule has 2 amide bonds. The van der Waals surface area contributed by atoms with E-state index in [9.17, 15) is 19.1 Å². The molecule has 3 aliphatic rings. The zero-order valence-electron chi connectivity index (χ0n) is 28.5. The maximum absolute atomic E-state index is 14.5. The number of amides is 2. The van der Waals surface area contributed by atoms with Gasteiger partial charge in [-0.2, -0.15) is 0 Å². The number of anilines is 4. The Morgan fingerprint density at radius 1 is 1.02 bits per heavy atom. The van der Waals surface area contributed by atoms with E-state index in [4.69, 9.17) is 21.3 Å². The summed E-state index contributed by atoms with van der Waals surface area (Å²) in [5, 5.41) is 17.6. The molecule has 3 aliphatic heterocycles. The highest BCUT2D eigenvalue weighted by atomic mass is 35.5. The third kappa shape index (κ3) is 6.54. The lowest BCUT2D eigenvalue weighted by Crippen LogP contribution is -2.59. The van der Waals surface area contributed by atoms with Gasteiger partial charge in [-0.05, 0) is 92.4 Å². The second-order valence-corrected chi connectivity index (χ2v) is 15.2. The predicted molar refractivity (Wildman–Crippen MR) is 203 cm³/mol. The van der Waals surface area contributed by atoms with Crippen molar-refractivity contribution in [2.45, 2.75) is 32.4 Å². The van der Waals surface area contributed by atoms with Crippen molar-refractivity contribution in [1.29, 1.82) is 0 Å². The summed E-state index contributed by atoms with van der Waals surface area (Å²) < 4.78 is 20.0. The quantitative estimate of drug-likeness (QED) is 0.145. The van der Waals surface area contributed by atoms with Gasteiger partial charge in [0.1, 0.15) is 11.6 Å². The Balaban J connectivity index is 0.969. The van der Waals surface area contributed by atoms with E-state index in [2.05, 4.69) is 15.5 Å². The largest absolute Gasteiger partial charge is 0.381 e. The second kappa shape index (κ2) is 14.0. The number of fused-ring (bicyclic) bond motifs is 3. The highest BCUT2D eigenvalue weighted by Gasteiger charge is 2.45. The summed E-state index contributed by atoms with van der Waals surface area (Å²) in [6, 6.07) is 24.6. The van der Waals surface area contributed by atoms with Gasteiger partial charge in [0.15, 0.2) is 6.23 Å². The van der Waals surface area contributed by atoms with Crippen LogP contribution in [0.3, 0.4) is 0 Å². The maximum Gasteiger partial charge on any atom is 0.259 e. The Labute approximate surface area is 310 Å². The Morgan fingerprint density at radius 2 is 1.79 bits per heavy atom. The first kappa shape index (κ1) is 34.3. The van der Waals surface area contributed by atoms with Crippen LogP contribution < -0.4 is 20.4 Å². The summed E-state index contributed by atoms with van der Waals surface area (Å²) >= 11 is 7.61. The van der Waals surface area contributed by atoms with E-state index in [0.29, 0.717) is 40.6 Å². The minimum absolute atomic E-state index is 0.0114. The molecule has 9 nitrogen and oxygen atoms in total. The van der Waals surface area contributed by atoms with Crippen LogP contribution in [-0.2, 0) is 11.2 Å². The van der Waals surface area contributed by atoms with Crippen LogP contribution in [0.25, 0.3) is 10.4 Å². The lowest BCUT2D eigenvalue weighted by Gasteiger charge is -2.53. The molecule has 0 aliphatic carbocycles. The van der Waals surface area contributed by atoms with Gasteiger partial charge < -0.3 is 30.3 Å². The molecule has 0 saturated carbocycles. The maximum atomic E-state index is 14.5. The Morgan fingerprint density at radius 3 is 2.56 bits per heavy atom. The minimum Gasteiger partial charge on any atom is -0.381 e. The molecule has 5 aromatic rings. The standard InChI is InChI=1S/C40H37ClFN5O4S/c1-24-9-14-29(36(43-24)46-22-40(23-46)16-19-51-20-17-40)37(48)44-27-12-10-25(11-13-27)39(50)47-18-15-26-21-33(52-35(26)28-5-2-3-8-32(28)47)45-38(49)34-30(41)6-4-7-31(34)42/h2-14,21,38,45,49H,15-20,22-23H2,1H3,(H,44,48). The number of pyridine rings is 1. The van der Waals surface area contributed by atoms with Gasteiger partial charge in [-0.3, -0.25) is 9.59 Å². The number of aliphatic hydroxyl groups is 1. The molecule has 2 fully saturated rings. The average Bonchev–Trinajstić information content (AvgIpc) is 3.46. The van der Waals surface area contributed by atoms with Crippen molar-refractivity contribution in [2.24, 2.45) is 5.41 Å². The Kier molecular flexibility index (Phi) is 9.21. The molecule has 3 aromatic carbocycles. The van der Waals surface area contributed by atoms with Crippen LogP contribution in [0.4, 0.5) is 26.6 Å². The van der Waals surface area contributed by atoms with Crippen molar-refractivity contribution >= 4 is 56.9 Å². The summed E-state index contributed by atoms with van der Waals surface area (Å²) in [5.41, 5.74) is 5.33. The van der Waals surface area contributed by atoms with Gasteiger partial charge in [0, 0.05) is 65.6 Å². The molecule has 2 aromatic heterocycles. The van der Waals surface area contributed by atoms with Crippen LogP contribution in [0, 0.1) is 18.2 Å². The number of aryl methyl sites for hydroxylation is 1. The number of benzene rings is 3. The van der Waals surface area contributed by atoms with Crippen molar-refractivity contribution in [2.75, 3.05) is 53.3 Å². The summed E-state index contributed by atoms with van der Waals surface area (Å²) in [7, 11) is 0. The first-order valence-corrected chi connectivity index (χ1v) is 18.5. The van der Waals surface area contributed by atoms with E-state index in [1.165, 1.54) is 29.5 Å². The fraction of sp³-hybridized carbons (Fsp3) is 0.275. The molecule has 52 heavy (non-hydrogen) atoms. The normalized spacial score (nSPS) is 16.7. The van der Waals surface area contributed by atoms with Crippen molar-refractivity contribution in [3.63, 3.8) is 0 Å². The van der Waals surface area contributed by atoms with E-state index >= 15 is 0 Å². The van der Waals surface area contributed by atoms with E-state index in [1.807, 2.05) is 49.4 Å². The molecule has 12 heteroatoms. The smallest absolute Gasteiger partial charge is 0.259 e. The summed E-state index contributed by atoms with van der Waals surface area (Å²) in [4.78, 5) is 37.3. The zero-order valence-corrected chi connectivity index (χ0v) is 30.1. The number of thiophene rings is 1. The number of aromatic nitrogens is 1. The third-order valence-corrected chi connectivity index (χ3v) is 11.7. The molecule has 1 atom stereocenters. The van der Waals surface area contributed by atoms with E-state index in [1.54, 1.807) is 29.2 Å². The number of hydrogen-bond donors (Lipinski definition) is 3. The number of nitrogens with one attached hydrogen (secondary N) is 2.